The van der Waals surface area contributed by atoms with Crippen molar-refractivity contribution in [2.75, 3.05) is 0 Å². The van der Waals surface area contributed by atoms with Gasteiger partial charge >= 0.3 is 6.61 Å². The zero-order valence-electron chi connectivity index (χ0n) is 6.44. The largest absolute Gasteiger partial charge is 0.435 e. The third-order valence-electron chi connectivity index (χ3n) is 1.39. The van der Waals surface area contributed by atoms with Crippen molar-refractivity contribution >= 4 is 23.2 Å². The van der Waals surface area contributed by atoms with Crippen LogP contribution in [-0.4, -0.2) is 6.61 Å². The molecule has 1 rings (SSSR count). The molecule has 72 valence electrons. The van der Waals surface area contributed by atoms with Crippen molar-refractivity contribution in [3.8, 4) is 5.75 Å². The van der Waals surface area contributed by atoms with Crippen LogP contribution in [0, 0.1) is 0 Å². The van der Waals surface area contributed by atoms with Gasteiger partial charge in [-0.15, -0.1) is 11.6 Å². The molecule has 0 atom stereocenters. The molecule has 0 spiro atoms. The second kappa shape index (κ2) is 4.63. The van der Waals surface area contributed by atoms with Gasteiger partial charge in [-0.05, 0) is 17.7 Å². The van der Waals surface area contributed by atoms with Crippen LogP contribution >= 0.6 is 23.2 Å². The molecule has 0 fully saturated rings. The summed E-state index contributed by atoms with van der Waals surface area (Å²) >= 11 is 11.2. The molecule has 0 unspecified atom stereocenters. The summed E-state index contributed by atoms with van der Waals surface area (Å²) in [6, 6.07) is 4.26. The highest BCUT2D eigenvalue weighted by molar-refractivity contribution is 6.32. The molecule has 0 N–H and O–H groups in total. The van der Waals surface area contributed by atoms with E-state index in [1.54, 1.807) is 6.07 Å². The van der Waals surface area contributed by atoms with Crippen molar-refractivity contribution in [3.63, 3.8) is 0 Å². The second-order valence-electron chi connectivity index (χ2n) is 2.27. The van der Waals surface area contributed by atoms with Gasteiger partial charge in [0.15, 0.2) is 0 Å². The van der Waals surface area contributed by atoms with E-state index in [2.05, 4.69) is 4.74 Å². The van der Waals surface area contributed by atoms with E-state index in [1.807, 2.05) is 0 Å². The molecule has 0 bridgehead atoms. The maximum absolute atomic E-state index is 11.7. The first-order valence-electron chi connectivity index (χ1n) is 3.42. The first-order valence-corrected chi connectivity index (χ1v) is 4.34. The second-order valence-corrected chi connectivity index (χ2v) is 2.94. The van der Waals surface area contributed by atoms with Gasteiger partial charge in [0, 0.05) is 10.9 Å². The first kappa shape index (κ1) is 10.5. The Morgan fingerprint density at radius 3 is 2.54 bits per heavy atom. The van der Waals surface area contributed by atoms with Gasteiger partial charge in [0.05, 0.1) is 0 Å². The molecule has 0 heterocycles. The molecule has 0 saturated heterocycles. The minimum absolute atomic E-state index is 0.0360. The van der Waals surface area contributed by atoms with Gasteiger partial charge in [0.2, 0.25) is 0 Å². The van der Waals surface area contributed by atoms with Gasteiger partial charge < -0.3 is 4.74 Å². The Labute approximate surface area is 84.2 Å². The molecule has 1 nitrogen and oxygen atoms in total. The van der Waals surface area contributed by atoms with E-state index in [0.29, 0.717) is 10.6 Å². The molecule has 1 aromatic rings. The molecule has 5 heteroatoms. The van der Waals surface area contributed by atoms with Crippen LogP contribution in [0.1, 0.15) is 5.56 Å². The van der Waals surface area contributed by atoms with Crippen molar-refractivity contribution in [3.05, 3.63) is 28.8 Å². The quantitative estimate of drug-likeness (QED) is 0.715. The lowest BCUT2D eigenvalue weighted by molar-refractivity contribution is -0.0498. The lowest BCUT2D eigenvalue weighted by Gasteiger charge is -2.06. The summed E-state index contributed by atoms with van der Waals surface area (Å²) in [7, 11) is 0. The molecule has 1 aromatic carbocycles. The zero-order chi connectivity index (χ0) is 9.84. The van der Waals surface area contributed by atoms with Crippen LogP contribution in [0.15, 0.2) is 18.2 Å². The minimum atomic E-state index is -2.84. The standard InChI is InChI=1S/C8H6Cl2F2O/c9-4-5-1-2-6(3-7(5)10)13-8(11)12/h1-3,8H,4H2. The summed E-state index contributed by atoms with van der Waals surface area (Å²) in [4.78, 5) is 0. The number of hydrogen-bond acceptors (Lipinski definition) is 1. The normalized spacial score (nSPS) is 10.5. The van der Waals surface area contributed by atoms with Crippen molar-refractivity contribution in [2.45, 2.75) is 12.5 Å². The highest BCUT2D eigenvalue weighted by Crippen LogP contribution is 2.24. The van der Waals surface area contributed by atoms with Gasteiger partial charge in [-0.3, -0.25) is 0 Å². The number of alkyl halides is 3. The Bertz CT molecular complexity index is 291. The van der Waals surface area contributed by atoms with Crippen molar-refractivity contribution in [1.82, 2.24) is 0 Å². The number of benzene rings is 1. The average molecular weight is 227 g/mol. The van der Waals surface area contributed by atoms with Crippen molar-refractivity contribution < 1.29 is 13.5 Å². The third-order valence-corrected chi connectivity index (χ3v) is 2.03. The van der Waals surface area contributed by atoms with Gasteiger partial charge in [-0.1, -0.05) is 17.7 Å². The summed E-state index contributed by atoms with van der Waals surface area (Å²) in [6.07, 6.45) is 0. The number of halogens is 4. The van der Waals surface area contributed by atoms with E-state index in [-0.39, 0.29) is 11.6 Å². The Morgan fingerprint density at radius 2 is 2.08 bits per heavy atom. The summed E-state index contributed by atoms with van der Waals surface area (Å²) in [5.41, 5.74) is 0.685. The van der Waals surface area contributed by atoms with E-state index < -0.39 is 6.61 Å². The van der Waals surface area contributed by atoms with Crippen LogP contribution in [0.25, 0.3) is 0 Å². The zero-order valence-corrected chi connectivity index (χ0v) is 7.95. The summed E-state index contributed by atoms with van der Waals surface area (Å²) < 4.78 is 27.6. The van der Waals surface area contributed by atoms with Crippen molar-refractivity contribution in [1.29, 1.82) is 0 Å². The molecule has 0 amide bonds. The molecule has 0 aliphatic heterocycles. The monoisotopic (exact) mass is 226 g/mol. The van der Waals surface area contributed by atoms with Crippen molar-refractivity contribution in [2.24, 2.45) is 0 Å². The third kappa shape index (κ3) is 3.01. The predicted octanol–water partition coefficient (Wildman–Crippen LogP) is 3.68. The molecular formula is C8H6Cl2F2O. The van der Waals surface area contributed by atoms with E-state index in [4.69, 9.17) is 23.2 Å². The van der Waals surface area contributed by atoms with Crippen LogP contribution in [-0.2, 0) is 5.88 Å². The van der Waals surface area contributed by atoms with E-state index in [0.717, 1.165) is 0 Å². The summed E-state index contributed by atoms with van der Waals surface area (Å²) in [5.74, 6) is 0.280. The highest BCUT2D eigenvalue weighted by Gasteiger charge is 2.06. The van der Waals surface area contributed by atoms with Crippen LogP contribution in [0.3, 0.4) is 0 Å². The lowest BCUT2D eigenvalue weighted by Crippen LogP contribution is -2.01. The Balaban J connectivity index is 2.83. The molecule has 0 aliphatic carbocycles. The van der Waals surface area contributed by atoms with E-state index in [1.165, 1.54) is 12.1 Å². The molecule has 0 radical (unpaired) electrons. The van der Waals surface area contributed by atoms with Crippen LogP contribution < -0.4 is 4.74 Å². The van der Waals surface area contributed by atoms with Gasteiger partial charge in [0.25, 0.3) is 0 Å². The van der Waals surface area contributed by atoms with Gasteiger partial charge in [-0.25, -0.2) is 0 Å². The fourth-order valence-corrected chi connectivity index (χ4v) is 1.35. The first-order chi connectivity index (χ1) is 6.13. The Kier molecular flexibility index (Phi) is 3.75. The predicted molar refractivity (Wildman–Crippen MR) is 47.6 cm³/mol. The number of hydrogen-bond donors (Lipinski definition) is 0. The summed E-state index contributed by atoms with van der Waals surface area (Å²) in [5, 5.41) is 0.327. The van der Waals surface area contributed by atoms with Crippen LogP contribution in [0.4, 0.5) is 8.78 Å². The van der Waals surface area contributed by atoms with Gasteiger partial charge in [-0.2, -0.15) is 8.78 Å². The SMILES string of the molecule is FC(F)Oc1ccc(CCl)c(Cl)c1. The fourth-order valence-electron chi connectivity index (χ4n) is 0.813. The molecule has 13 heavy (non-hydrogen) atoms. The molecule has 0 aliphatic rings. The smallest absolute Gasteiger partial charge is 0.387 e. The molecule has 0 saturated carbocycles. The molecule has 0 aromatic heterocycles. The maximum atomic E-state index is 11.7. The summed E-state index contributed by atoms with van der Waals surface area (Å²) in [6.45, 7) is -2.84. The van der Waals surface area contributed by atoms with Crippen LogP contribution in [0.2, 0.25) is 5.02 Å². The topological polar surface area (TPSA) is 9.23 Å². The van der Waals surface area contributed by atoms with E-state index in [9.17, 15) is 8.78 Å². The Hall–Kier alpha value is -0.540. The fraction of sp³-hybridized carbons (Fsp3) is 0.250. The minimum Gasteiger partial charge on any atom is -0.435 e. The Morgan fingerprint density at radius 1 is 1.38 bits per heavy atom. The van der Waals surface area contributed by atoms with Gasteiger partial charge in [0.1, 0.15) is 5.75 Å². The number of ether oxygens (including phenoxy) is 1. The highest BCUT2D eigenvalue weighted by atomic mass is 35.5. The molecular weight excluding hydrogens is 221 g/mol. The van der Waals surface area contributed by atoms with Crippen LogP contribution in [0.5, 0.6) is 5.75 Å². The average Bonchev–Trinajstić information content (AvgIpc) is 2.03. The lowest BCUT2D eigenvalue weighted by atomic mass is 10.2. The number of rotatable bonds is 3. The van der Waals surface area contributed by atoms with E-state index >= 15 is 0 Å². The maximum Gasteiger partial charge on any atom is 0.387 e.